The molecule has 4 heteroatoms. The van der Waals surface area contributed by atoms with E-state index in [1.54, 1.807) is 6.07 Å². The third kappa shape index (κ3) is 3.63. The molecular formula is C17H21NO3. The molecule has 21 heavy (non-hydrogen) atoms. The molecule has 1 heterocycles. The minimum absolute atomic E-state index is 0.0300. The van der Waals surface area contributed by atoms with Crippen LogP contribution in [0.3, 0.4) is 0 Å². The third-order valence-corrected chi connectivity index (χ3v) is 3.64. The summed E-state index contributed by atoms with van der Waals surface area (Å²) in [6.07, 6.45) is 0.0703. The van der Waals surface area contributed by atoms with Crippen LogP contribution >= 0.6 is 0 Å². The lowest BCUT2D eigenvalue weighted by molar-refractivity contribution is -0.0387. The largest absolute Gasteiger partial charge is 0.384 e. The van der Waals surface area contributed by atoms with Gasteiger partial charge in [0, 0.05) is 17.7 Å². The molecule has 0 aromatic heterocycles. The van der Waals surface area contributed by atoms with Gasteiger partial charge in [0.05, 0.1) is 18.8 Å². The van der Waals surface area contributed by atoms with Gasteiger partial charge in [0.2, 0.25) is 0 Å². The monoisotopic (exact) mass is 287 g/mol. The van der Waals surface area contributed by atoms with Gasteiger partial charge in [-0.25, -0.2) is 0 Å². The van der Waals surface area contributed by atoms with Gasteiger partial charge in [0.1, 0.15) is 6.61 Å². The fourth-order valence-corrected chi connectivity index (χ4v) is 2.42. The van der Waals surface area contributed by atoms with Crippen LogP contribution in [-0.2, 0) is 4.74 Å². The van der Waals surface area contributed by atoms with Gasteiger partial charge in [-0.15, -0.1) is 0 Å². The summed E-state index contributed by atoms with van der Waals surface area (Å²) in [6, 6.07) is 5.57. The van der Waals surface area contributed by atoms with Crippen LogP contribution in [0, 0.1) is 18.8 Å². The molecular weight excluding hydrogens is 266 g/mol. The summed E-state index contributed by atoms with van der Waals surface area (Å²) in [5.74, 6) is 5.53. The second kappa shape index (κ2) is 6.75. The molecule has 1 saturated heterocycles. The first-order valence-corrected chi connectivity index (χ1v) is 7.16. The van der Waals surface area contributed by atoms with E-state index in [2.05, 4.69) is 11.8 Å². The molecule has 1 fully saturated rings. The van der Waals surface area contributed by atoms with Crippen molar-refractivity contribution in [1.82, 2.24) is 4.90 Å². The van der Waals surface area contributed by atoms with E-state index in [1.807, 2.05) is 37.8 Å². The van der Waals surface area contributed by atoms with Crippen molar-refractivity contribution in [2.75, 3.05) is 19.8 Å². The maximum absolute atomic E-state index is 12.6. The molecule has 1 aromatic carbocycles. The summed E-state index contributed by atoms with van der Waals surface area (Å²) in [5, 5.41) is 8.74. The zero-order valence-electron chi connectivity index (χ0n) is 12.7. The van der Waals surface area contributed by atoms with Crippen molar-refractivity contribution in [2.45, 2.75) is 32.9 Å². The highest BCUT2D eigenvalue weighted by Gasteiger charge is 2.28. The van der Waals surface area contributed by atoms with Crippen molar-refractivity contribution in [3.05, 3.63) is 34.9 Å². The number of hydrogen-bond acceptors (Lipinski definition) is 3. The van der Waals surface area contributed by atoms with Gasteiger partial charge in [0.25, 0.3) is 5.91 Å². The average molecular weight is 287 g/mol. The zero-order chi connectivity index (χ0) is 15.4. The minimum atomic E-state index is -0.163. The smallest absolute Gasteiger partial charge is 0.254 e. The number of amides is 1. The first kappa shape index (κ1) is 15.6. The van der Waals surface area contributed by atoms with E-state index in [-0.39, 0.29) is 24.7 Å². The Morgan fingerprint density at radius 1 is 1.48 bits per heavy atom. The number of benzene rings is 1. The van der Waals surface area contributed by atoms with E-state index in [4.69, 9.17) is 9.84 Å². The predicted molar refractivity (Wildman–Crippen MR) is 81.1 cm³/mol. The van der Waals surface area contributed by atoms with Crippen molar-refractivity contribution in [1.29, 1.82) is 0 Å². The Hall–Kier alpha value is -1.83. The molecule has 1 N–H and O–H groups in total. The molecule has 2 unspecified atom stereocenters. The Morgan fingerprint density at radius 2 is 2.24 bits per heavy atom. The van der Waals surface area contributed by atoms with Crippen LogP contribution in [0.2, 0.25) is 0 Å². The molecule has 1 aliphatic rings. The number of ether oxygens (including phenoxy) is 1. The highest BCUT2D eigenvalue weighted by atomic mass is 16.5. The van der Waals surface area contributed by atoms with E-state index < -0.39 is 0 Å². The molecule has 1 amide bonds. The number of rotatable bonds is 1. The van der Waals surface area contributed by atoms with E-state index in [9.17, 15) is 4.79 Å². The highest BCUT2D eigenvalue weighted by molar-refractivity contribution is 5.95. The number of aliphatic hydroxyl groups is 1. The van der Waals surface area contributed by atoms with Crippen molar-refractivity contribution < 1.29 is 14.6 Å². The number of aliphatic hydroxyl groups excluding tert-OH is 1. The first-order valence-electron chi connectivity index (χ1n) is 7.16. The average Bonchev–Trinajstić information content (AvgIpc) is 2.47. The molecule has 2 atom stereocenters. The summed E-state index contributed by atoms with van der Waals surface area (Å²) in [4.78, 5) is 14.5. The lowest BCUT2D eigenvalue weighted by Gasteiger charge is -2.36. The predicted octanol–water partition coefficient (Wildman–Crippen LogP) is 1.59. The molecule has 0 aliphatic carbocycles. The standard InChI is InChI=1S/C17H21NO3/c1-12-9-16(7-6-15(12)5-4-8-19)17(20)18-10-14(3)21-11-13(18)2/h6-7,9,13-14,19H,8,10-11H2,1-3H3. The Kier molecular flexibility index (Phi) is 5.00. The third-order valence-electron chi connectivity index (χ3n) is 3.64. The van der Waals surface area contributed by atoms with Crippen LogP contribution in [-0.4, -0.2) is 47.8 Å². The minimum Gasteiger partial charge on any atom is -0.384 e. The van der Waals surface area contributed by atoms with Crippen molar-refractivity contribution in [3.63, 3.8) is 0 Å². The Labute approximate surface area is 125 Å². The second-order valence-electron chi connectivity index (χ2n) is 5.44. The molecule has 0 spiro atoms. The topological polar surface area (TPSA) is 49.8 Å². The number of morpholine rings is 1. The molecule has 2 rings (SSSR count). The summed E-state index contributed by atoms with van der Waals surface area (Å²) >= 11 is 0. The summed E-state index contributed by atoms with van der Waals surface area (Å²) in [5.41, 5.74) is 2.45. The van der Waals surface area contributed by atoms with E-state index in [0.717, 1.165) is 11.1 Å². The Balaban J connectivity index is 2.21. The van der Waals surface area contributed by atoms with E-state index in [1.165, 1.54) is 0 Å². The van der Waals surface area contributed by atoms with Gasteiger partial charge < -0.3 is 14.7 Å². The quantitative estimate of drug-likeness (QED) is 0.798. The molecule has 0 radical (unpaired) electrons. The molecule has 4 nitrogen and oxygen atoms in total. The Morgan fingerprint density at radius 3 is 2.90 bits per heavy atom. The van der Waals surface area contributed by atoms with Gasteiger partial charge in [-0.05, 0) is 44.5 Å². The number of aryl methyl sites for hydroxylation is 1. The fraction of sp³-hybridized carbons (Fsp3) is 0.471. The fourth-order valence-electron chi connectivity index (χ4n) is 2.42. The van der Waals surface area contributed by atoms with Crippen LogP contribution in [0.1, 0.15) is 35.3 Å². The number of nitrogens with zero attached hydrogens (tertiary/aromatic N) is 1. The maximum Gasteiger partial charge on any atom is 0.254 e. The van der Waals surface area contributed by atoms with Crippen LogP contribution in [0.4, 0.5) is 0 Å². The SMILES string of the molecule is Cc1cc(C(=O)N2CC(C)OCC2C)ccc1C#CCO. The van der Waals surface area contributed by atoms with Crippen molar-refractivity contribution in [3.8, 4) is 11.8 Å². The molecule has 0 bridgehead atoms. The maximum atomic E-state index is 12.6. The van der Waals surface area contributed by atoms with Gasteiger partial charge in [-0.2, -0.15) is 0 Å². The van der Waals surface area contributed by atoms with Crippen molar-refractivity contribution in [2.24, 2.45) is 0 Å². The normalized spacial score (nSPS) is 21.6. The lowest BCUT2D eigenvalue weighted by atomic mass is 10.0. The molecule has 0 saturated carbocycles. The summed E-state index contributed by atoms with van der Waals surface area (Å²) in [7, 11) is 0. The van der Waals surface area contributed by atoms with Crippen LogP contribution in [0.5, 0.6) is 0 Å². The van der Waals surface area contributed by atoms with E-state index >= 15 is 0 Å². The number of hydrogen-bond donors (Lipinski definition) is 1. The van der Waals surface area contributed by atoms with Gasteiger partial charge in [-0.1, -0.05) is 11.8 Å². The number of carbonyl (C=O) groups excluding carboxylic acids is 1. The van der Waals surface area contributed by atoms with Crippen LogP contribution in [0.15, 0.2) is 18.2 Å². The van der Waals surface area contributed by atoms with Crippen molar-refractivity contribution >= 4 is 5.91 Å². The summed E-state index contributed by atoms with van der Waals surface area (Å²) in [6.45, 7) is 6.92. The number of carbonyl (C=O) groups is 1. The van der Waals surface area contributed by atoms with Crippen LogP contribution < -0.4 is 0 Å². The zero-order valence-corrected chi connectivity index (χ0v) is 12.7. The van der Waals surface area contributed by atoms with Gasteiger partial charge in [0.15, 0.2) is 0 Å². The van der Waals surface area contributed by atoms with Gasteiger partial charge in [-0.3, -0.25) is 4.79 Å². The Bertz CT molecular complexity index is 585. The van der Waals surface area contributed by atoms with Crippen LogP contribution in [0.25, 0.3) is 0 Å². The second-order valence-corrected chi connectivity index (χ2v) is 5.44. The van der Waals surface area contributed by atoms with E-state index in [0.29, 0.717) is 18.7 Å². The molecule has 1 aromatic rings. The first-order chi connectivity index (χ1) is 10.0. The lowest BCUT2D eigenvalue weighted by Crippen LogP contribution is -2.50. The highest BCUT2D eigenvalue weighted by Crippen LogP contribution is 2.17. The summed E-state index contributed by atoms with van der Waals surface area (Å²) < 4.78 is 5.56. The van der Waals surface area contributed by atoms with Gasteiger partial charge >= 0.3 is 0 Å². The molecule has 1 aliphatic heterocycles. The molecule has 112 valence electrons.